The Labute approximate surface area is 93.0 Å². The molecule has 0 heterocycles. The zero-order valence-electron chi connectivity index (χ0n) is 7.35. The predicted octanol–water partition coefficient (Wildman–Crippen LogP) is 3.13. The van der Waals surface area contributed by atoms with E-state index in [1.165, 1.54) is 6.07 Å². The van der Waals surface area contributed by atoms with E-state index >= 15 is 0 Å². The maximum Gasteiger partial charge on any atom is 0.416 e. The summed E-state index contributed by atoms with van der Waals surface area (Å²) in [6.45, 7) is 0. The van der Waals surface area contributed by atoms with Crippen LogP contribution in [0.5, 0.6) is 0 Å². The van der Waals surface area contributed by atoms with E-state index < -0.39 is 17.8 Å². The fraction of sp³-hybridized carbons (Fsp3) is 0.200. The lowest BCUT2D eigenvalue weighted by Crippen LogP contribution is -2.11. The molecule has 0 aromatic heterocycles. The van der Waals surface area contributed by atoms with E-state index in [0.717, 1.165) is 12.1 Å². The van der Waals surface area contributed by atoms with Gasteiger partial charge in [-0.3, -0.25) is 0 Å². The molecule has 0 saturated carbocycles. The number of benzene rings is 1. The molecular formula is C10H6BrF3O. The second-order valence-corrected chi connectivity index (χ2v) is 3.71. The number of halogens is 4. The zero-order chi connectivity index (χ0) is 11.6. The van der Waals surface area contributed by atoms with Crippen molar-refractivity contribution in [2.75, 3.05) is 0 Å². The summed E-state index contributed by atoms with van der Waals surface area (Å²) in [5.74, 6) is 1.85. The van der Waals surface area contributed by atoms with Gasteiger partial charge in [-0.1, -0.05) is 27.9 Å². The van der Waals surface area contributed by atoms with Crippen molar-refractivity contribution in [2.24, 2.45) is 0 Å². The van der Waals surface area contributed by atoms with E-state index in [1.807, 2.05) is 5.92 Å². The molecule has 0 aliphatic rings. The molecule has 0 fully saturated rings. The quantitative estimate of drug-likeness (QED) is 0.783. The monoisotopic (exact) mass is 278 g/mol. The highest BCUT2D eigenvalue weighted by molar-refractivity contribution is 9.10. The third-order valence-corrected chi connectivity index (χ3v) is 2.27. The van der Waals surface area contributed by atoms with Crippen LogP contribution in [-0.4, -0.2) is 5.11 Å². The summed E-state index contributed by atoms with van der Waals surface area (Å²) < 4.78 is 37.9. The molecule has 15 heavy (non-hydrogen) atoms. The molecule has 0 aliphatic carbocycles. The maximum absolute atomic E-state index is 12.5. The molecule has 0 bridgehead atoms. The van der Waals surface area contributed by atoms with Gasteiger partial charge in [-0.15, -0.1) is 6.42 Å². The van der Waals surface area contributed by atoms with Crippen LogP contribution >= 0.6 is 15.9 Å². The normalized spacial score (nSPS) is 13.3. The van der Waals surface area contributed by atoms with Crippen LogP contribution in [0.4, 0.5) is 13.2 Å². The highest BCUT2D eigenvalue weighted by atomic mass is 79.9. The number of terminal acetylenes is 1. The lowest BCUT2D eigenvalue weighted by atomic mass is 10.0. The summed E-state index contributed by atoms with van der Waals surface area (Å²) in [6, 6.07) is 3.43. The first-order chi connectivity index (χ1) is 6.86. The molecule has 0 saturated heterocycles. The van der Waals surface area contributed by atoms with Gasteiger partial charge >= 0.3 is 6.18 Å². The van der Waals surface area contributed by atoms with Gasteiger partial charge < -0.3 is 5.11 Å². The molecule has 1 aromatic rings. The van der Waals surface area contributed by atoms with Gasteiger partial charge in [0.1, 0.15) is 6.10 Å². The average molecular weight is 279 g/mol. The van der Waals surface area contributed by atoms with Gasteiger partial charge in [-0.05, 0) is 12.1 Å². The van der Waals surface area contributed by atoms with Crippen LogP contribution in [0.15, 0.2) is 22.7 Å². The molecule has 1 nitrogen and oxygen atoms in total. The number of hydrogen-bond donors (Lipinski definition) is 1. The first-order valence-electron chi connectivity index (χ1n) is 3.87. The van der Waals surface area contributed by atoms with E-state index in [2.05, 4.69) is 15.9 Å². The summed E-state index contributed by atoms with van der Waals surface area (Å²) in [5.41, 5.74) is -1.24. The van der Waals surface area contributed by atoms with Crippen LogP contribution in [0.2, 0.25) is 0 Å². The Bertz CT molecular complexity index is 406. The van der Waals surface area contributed by atoms with Gasteiger partial charge in [-0.25, -0.2) is 0 Å². The van der Waals surface area contributed by atoms with Crippen molar-refractivity contribution in [2.45, 2.75) is 12.3 Å². The topological polar surface area (TPSA) is 20.2 Å². The van der Waals surface area contributed by atoms with Crippen LogP contribution in [0.1, 0.15) is 17.2 Å². The van der Waals surface area contributed by atoms with E-state index in [1.54, 1.807) is 0 Å². The van der Waals surface area contributed by atoms with Gasteiger partial charge in [0.05, 0.1) is 5.56 Å². The minimum atomic E-state index is -4.53. The third-order valence-electron chi connectivity index (χ3n) is 1.77. The molecule has 5 heteroatoms. The van der Waals surface area contributed by atoms with Crippen molar-refractivity contribution in [3.8, 4) is 12.3 Å². The Hall–Kier alpha value is -0.990. The highest BCUT2D eigenvalue weighted by Gasteiger charge is 2.34. The molecule has 80 valence electrons. The first kappa shape index (κ1) is 12.1. The fourth-order valence-electron chi connectivity index (χ4n) is 1.10. The smallest absolute Gasteiger partial charge is 0.376 e. The Morgan fingerprint density at radius 2 is 2.00 bits per heavy atom. The van der Waals surface area contributed by atoms with Crippen molar-refractivity contribution in [1.82, 2.24) is 0 Å². The van der Waals surface area contributed by atoms with Crippen molar-refractivity contribution in [3.63, 3.8) is 0 Å². The summed E-state index contributed by atoms with van der Waals surface area (Å²) in [5, 5.41) is 9.21. The molecule has 0 spiro atoms. The molecule has 1 atom stereocenters. The largest absolute Gasteiger partial charge is 0.416 e. The van der Waals surface area contributed by atoms with Crippen LogP contribution < -0.4 is 0 Å². The molecule has 0 amide bonds. The Morgan fingerprint density at radius 3 is 2.47 bits per heavy atom. The number of aliphatic hydroxyl groups excluding tert-OH is 1. The van der Waals surface area contributed by atoms with Crippen molar-refractivity contribution < 1.29 is 18.3 Å². The molecule has 0 aliphatic heterocycles. The second-order valence-electron chi connectivity index (χ2n) is 2.80. The number of rotatable bonds is 1. The van der Waals surface area contributed by atoms with Crippen LogP contribution in [-0.2, 0) is 6.18 Å². The molecule has 0 radical (unpaired) electrons. The average Bonchev–Trinajstić information content (AvgIpc) is 2.15. The molecule has 1 unspecified atom stereocenters. The molecule has 1 N–H and O–H groups in total. The van der Waals surface area contributed by atoms with Crippen molar-refractivity contribution >= 4 is 15.9 Å². The van der Waals surface area contributed by atoms with Crippen molar-refractivity contribution in [1.29, 1.82) is 0 Å². The van der Waals surface area contributed by atoms with Crippen LogP contribution in [0.3, 0.4) is 0 Å². The molecule has 1 aromatic carbocycles. The lowest BCUT2D eigenvalue weighted by Gasteiger charge is -2.14. The van der Waals surface area contributed by atoms with Gasteiger partial charge in [0.2, 0.25) is 0 Å². The summed E-state index contributed by atoms with van der Waals surface area (Å²) >= 11 is 2.93. The Kier molecular flexibility index (Phi) is 3.42. The summed E-state index contributed by atoms with van der Waals surface area (Å²) in [6.07, 6.45) is -1.20. The first-order valence-corrected chi connectivity index (χ1v) is 4.66. The number of aliphatic hydroxyl groups is 1. The van der Waals surface area contributed by atoms with E-state index in [0.29, 0.717) is 0 Å². The SMILES string of the molecule is C#CC(O)c1ccc(Br)cc1C(F)(F)F. The van der Waals surface area contributed by atoms with Gasteiger partial charge in [0, 0.05) is 10.0 Å². The minimum absolute atomic E-state index is 0.280. The van der Waals surface area contributed by atoms with Gasteiger partial charge in [-0.2, -0.15) is 13.2 Å². The third kappa shape index (κ3) is 2.74. The fourth-order valence-corrected chi connectivity index (χ4v) is 1.46. The van der Waals surface area contributed by atoms with Crippen LogP contribution in [0, 0.1) is 12.3 Å². The van der Waals surface area contributed by atoms with E-state index in [-0.39, 0.29) is 10.0 Å². The number of hydrogen-bond acceptors (Lipinski definition) is 1. The summed E-state index contributed by atoms with van der Waals surface area (Å²) in [4.78, 5) is 0. The predicted molar refractivity (Wildman–Crippen MR) is 52.9 cm³/mol. The minimum Gasteiger partial charge on any atom is -0.376 e. The molecule has 1 rings (SSSR count). The zero-order valence-corrected chi connectivity index (χ0v) is 8.93. The van der Waals surface area contributed by atoms with Gasteiger partial charge in [0.25, 0.3) is 0 Å². The maximum atomic E-state index is 12.5. The van der Waals surface area contributed by atoms with E-state index in [9.17, 15) is 18.3 Å². The van der Waals surface area contributed by atoms with E-state index in [4.69, 9.17) is 6.42 Å². The Morgan fingerprint density at radius 1 is 1.40 bits per heavy atom. The lowest BCUT2D eigenvalue weighted by molar-refractivity contribution is -0.138. The van der Waals surface area contributed by atoms with Crippen LogP contribution in [0.25, 0.3) is 0 Å². The second kappa shape index (κ2) is 4.25. The highest BCUT2D eigenvalue weighted by Crippen LogP contribution is 2.36. The standard InChI is InChI=1S/C10H6BrF3O/c1-2-9(15)7-4-3-6(11)5-8(7)10(12,13)14/h1,3-5,9,15H. The molecular weight excluding hydrogens is 273 g/mol. The summed E-state index contributed by atoms with van der Waals surface area (Å²) in [7, 11) is 0. The Balaban J connectivity index is 3.35. The number of alkyl halides is 3. The van der Waals surface area contributed by atoms with Gasteiger partial charge in [0.15, 0.2) is 0 Å². The van der Waals surface area contributed by atoms with Crippen molar-refractivity contribution in [3.05, 3.63) is 33.8 Å².